The Hall–Kier alpha value is -4.58. The number of Topliss-reactive ketones (excluding diaryl/α,β-unsaturated/α-hetero) is 1. The number of hydrogen-bond acceptors (Lipinski definition) is 7. The zero-order chi connectivity index (χ0) is 26.9. The van der Waals surface area contributed by atoms with Gasteiger partial charge >= 0.3 is 6.03 Å². The number of nitrogens with zero attached hydrogens (tertiary/aromatic N) is 3. The lowest BCUT2D eigenvalue weighted by Crippen LogP contribution is -2.46. The van der Waals surface area contributed by atoms with Gasteiger partial charge in [-0.25, -0.2) is 14.2 Å². The van der Waals surface area contributed by atoms with Gasteiger partial charge in [-0.05, 0) is 35.4 Å². The van der Waals surface area contributed by atoms with E-state index >= 15 is 0 Å². The number of amides is 4. The molecule has 1 saturated heterocycles. The smallest absolute Gasteiger partial charge is 0.318 e. The third-order valence-electron chi connectivity index (χ3n) is 6.54. The van der Waals surface area contributed by atoms with Crippen LogP contribution in [0.3, 0.4) is 0 Å². The third kappa shape index (κ3) is 4.61. The summed E-state index contributed by atoms with van der Waals surface area (Å²) in [6.45, 7) is -0.340. The molecule has 1 atom stereocenters. The van der Waals surface area contributed by atoms with Gasteiger partial charge in [-0.1, -0.05) is 18.2 Å². The van der Waals surface area contributed by atoms with Gasteiger partial charge in [-0.15, -0.1) is 0 Å². The summed E-state index contributed by atoms with van der Waals surface area (Å²) in [6, 6.07) is 10.1. The molecular weight excluding hydrogens is 497 g/mol. The molecule has 0 unspecified atom stereocenters. The number of benzene rings is 2. The van der Waals surface area contributed by atoms with Crippen LogP contribution in [0.4, 0.5) is 14.9 Å². The number of ketones is 1. The molecule has 4 amide bonds. The summed E-state index contributed by atoms with van der Waals surface area (Å²) in [6.07, 6.45) is 2.61. The van der Waals surface area contributed by atoms with Crippen molar-refractivity contribution >= 4 is 29.3 Å². The predicted molar refractivity (Wildman–Crippen MR) is 130 cm³/mol. The van der Waals surface area contributed by atoms with Crippen molar-refractivity contribution in [3.8, 4) is 0 Å². The van der Waals surface area contributed by atoms with E-state index in [-0.39, 0.29) is 32.8 Å². The SMILES string of the molecule is CNC(=O)Nc1ccc2c(c1)CC(=O)[C@]21OCN(CC(=O)N(Cc2ccc(F)cc2)Cc2cocn2)C1=O. The zero-order valence-electron chi connectivity index (χ0n) is 20.4. The van der Waals surface area contributed by atoms with Gasteiger partial charge in [0.15, 0.2) is 12.2 Å². The fraction of sp³-hybridized carbons (Fsp3) is 0.269. The molecule has 5 rings (SSSR count). The predicted octanol–water partition coefficient (Wildman–Crippen LogP) is 1.93. The van der Waals surface area contributed by atoms with E-state index in [4.69, 9.17) is 9.15 Å². The second kappa shape index (κ2) is 10.1. The molecular formula is C26H24FN5O6. The Balaban J connectivity index is 1.34. The Morgan fingerprint density at radius 2 is 1.95 bits per heavy atom. The summed E-state index contributed by atoms with van der Waals surface area (Å²) in [5.74, 6) is -1.87. The minimum absolute atomic E-state index is 0.0467. The van der Waals surface area contributed by atoms with Gasteiger partial charge in [-0.2, -0.15) is 0 Å². The van der Waals surface area contributed by atoms with E-state index in [1.165, 1.54) is 41.6 Å². The van der Waals surface area contributed by atoms with Crippen LogP contribution in [0, 0.1) is 5.82 Å². The summed E-state index contributed by atoms with van der Waals surface area (Å²) in [5, 5.41) is 5.08. The number of anilines is 1. The van der Waals surface area contributed by atoms with Gasteiger partial charge in [0.1, 0.15) is 25.4 Å². The van der Waals surface area contributed by atoms with Crippen molar-refractivity contribution in [3.05, 3.63) is 83.3 Å². The maximum Gasteiger partial charge on any atom is 0.318 e. The highest BCUT2D eigenvalue weighted by Crippen LogP contribution is 2.43. The molecule has 2 aliphatic rings. The lowest BCUT2D eigenvalue weighted by molar-refractivity contribution is -0.149. The number of rotatable bonds is 7. The third-order valence-corrected chi connectivity index (χ3v) is 6.54. The van der Waals surface area contributed by atoms with Crippen LogP contribution in [0.15, 0.2) is 59.5 Å². The molecule has 1 aromatic heterocycles. The van der Waals surface area contributed by atoms with Crippen molar-refractivity contribution < 1.29 is 32.7 Å². The number of oxazole rings is 1. The second-order valence-corrected chi connectivity index (χ2v) is 8.99. The fourth-order valence-electron chi connectivity index (χ4n) is 4.65. The standard InChI is InChI=1S/C26H24FN5O6/c1-28-25(36)30-19-6-7-21-17(8-19)9-22(33)26(21)24(35)32(15-38-26)12-23(34)31(11-20-13-37-14-29-20)10-16-2-4-18(27)5-3-16/h2-8,13-14H,9-12,15H2,1H3,(H2,28,30,36)/t26-/m1/s1. The van der Waals surface area contributed by atoms with Gasteiger partial charge in [0, 0.05) is 31.3 Å². The topological polar surface area (TPSA) is 134 Å². The molecule has 0 saturated carbocycles. The number of nitrogens with one attached hydrogen (secondary N) is 2. The van der Waals surface area contributed by atoms with Gasteiger partial charge in [0.05, 0.1) is 12.2 Å². The number of urea groups is 1. The van der Waals surface area contributed by atoms with Crippen LogP contribution in [-0.4, -0.2) is 58.7 Å². The van der Waals surface area contributed by atoms with Crippen LogP contribution < -0.4 is 10.6 Å². The van der Waals surface area contributed by atoms with Crippen LogP contribution in [0.2, 0.25) is 0 Å². The van der Waals surface area contributed by atoms with E-state index in [0.717, 1.165) is 0 Å². The molecule has 1 fully saturated rings. The molecule has 0 radical (unpaired) electrons. The first-order valence-electron chi connectivity index (χ1n) is 11.8. The van der Waals surface area contributed by atoms with E-state index in [2.05, 4.69) is 15.6 Å². The number of ether oxygens (including phenoxy) is 1. The van der Waals surface area contributed by atoms with E-state index in [1.54, 1.807) is 30.3 Å². The first kappa shape index (κ1) is 25.1. The van der Waals surface area contributed by atoms with Crippen molar-refractivity contribution in [2.75, 3.05) is 25.6 Å². The molecule has 2 aromatic carbocycles. The summed E-state index contributed by atoms with van der Waals surface area (Å²) >= 11 is 0. The minimum atomic E-state index is -1.82. The second-order valence-electron chi connectivity index (χ2n) is 8.99. The van der Waals surface area contributed by atoms with Crippen LogP contribution in [-0.2, 0) is 44.2 Å². The summed E-state index contributed by atoms with van der Waals surface area (Å²) < 4.78 is 24.2. The summed E-state index contributed by atoms with van der Waals surface area (Å²) in [4.78, 5) is 58.4. The molecule has 1 spiro atoms. The number of fused-ring (bicyclic) bond motifs is 2. The van der Waals surface area contributed by atoms with Crippen LogP contribution >= 0.6 is 0 Å². The van der Waals surface area contributed by atoms with Gasteiger partial charge in [-0.3, -0.25) is 14.4 Å². The van der Waals surface area contributed by atoms with Crippen molar-refractivity contribution in [1.82, 2.24) is 20.1 Å². The van der Waals surface area contributed by atoms with Crippen LogP contribution in [0.25, 0.3) is 0 Å². The monoisotopic (exact) mass is 521 g/mol. The molecule has 2 N–H and O–H groups in total. The highest BCUT2D eigenvalue weighted by atomic mass is 19.1. The molecule has 11 nitrogen and oxygen atoms in total. The quantitative estimate of drug-likeness (QED) is 0.454. The Morgan fingerprint density at radius 3 is 2.66 bits per heavy atom. The maximum atomic E-state index is 13.5. The largest absolute Gasteiger partial charge is 0.451 e. The highest BCUT2D eigenvalue weighted by Gasteiger charge is 2.59. The first-order valence-corrected chi connectivity index (χ1v) is 11.8. The van der Waals surface area contributed by atoms with Gasteiger partial charge in [0.2, 0.25) is 11.5 Å². The number of carbonyl (C=O) groups excluding carboxylic acids is 4. The maximum absolute atomic E-state index is 13.5. The Bertz CT molecular complexity index is 1390. The van der Waals surface area contributed by atoms with E-state index in [1.807, 2.05) is 0 Å². The van der Waals surface area contributed by atoms with E-state index < -0.39 is 35.0 Å². The number of halogens is 1. The minimum Gasteiger partial charge on any atom is -0.451 e. The lowest BCUT2D eigenvalue weighted by Gasteiger charge is -2.25. The average molecular weight is 522 g/mol. The number of hydrogen-bond donors (Lipinski definition) is 2. The average Bonchev–Trinajstić information content (AvgIpc) is 3.60. The molecule has 3 aromatic rings. The molecule has 12 heteroatoms. The number of aromatic nitrogens is 1. The molecule has 1 aliphatic heterocycles. The van der Waals surface area contributed by atoms with E-state index in [0.29, 0.717) is 28.1 Å². The molecule has 1 aliphatic carbocycles. The lowest BCUT2D eigenvalue weighted by atomic mass is 9.94. The first-order chi connectivity index (χ1) is 18.3. The Kier molecular flexibility index (Phi) is 6.64. The normalized spacial score (nSPS) is 18.1. The zero-order valence-corrected chi connectivity index (χ0v) is 20.4. The van der Waals surface area contributed by atoms with Crippen molar-refractivity contribution in [1.29, 1.82) is 0 Å². The van der Waals surface area contributed by atoms with Crippen molar-refractivity contribution in [3.63, 3.8) is 0 Å². The summed E-state index contributed by atoms with van der Waals surface area (Å²) in [7, 11) is 1.48. The molecule has 0 bridgehead atoms. The summed E-state index contributed by atoms with van der Waals surface area (Å²) in [5.41, 5.74) is 0.793. The molecule has 38 heavy (non-hydrogen) atoms. The Morgan fingerprint density at radius 1 is 1.16 bits per heavy atom. The molecule has 196 valence electrons. The van der Waals surface area contributed by atoms with Crippen molar-refractivity contribution in [2.45, 2.75) is 25.1 Å². The van der Waals surface area contributed by atoms with Crippen LogP contribution in [0.5, 0.6) is 0 Å². The Labute approximate surface area is 216 Å². The van der Waals surface area contributed by atoms with Gasteiger partial charge < -0.3 is 29.6 Å². The highest BCUT2D eigenvalue weighted by molar-refractivity contribution is 6.15. The van der Waals surface area contributed by atoms with E-state index in [9.17, 15) is 23.6 Å². The van der Waals surface area contributed by atoms with Crippen LogP contribution in [0.1, 0.15) is 22.4 Å². The van der Waals surface area contributed by atoms with Crippen molar-refractivity contribution in [2.24, 2.45) is 0 Å². The molecule has 2 heterocycles. The van der Waals surface area contributed by atoms with Gasteiger partial charge in [0.25, 0.3) is 5.91 Å². The number of carbonyl (C=O) groups is 4. The fourth-order valence-corrected chi connectivity index (χ4v) is 4.65.